The fourth-order valence-electron chi connectivity index (χ4n) is 1.62. The molecule has 2 N–H and O–H groups in total. The van der Waals surface area contributed by atoms with E-state index in [1.165, 1.54) is 12.7 Å². The smallest absolute Gasteiger partial charge is 0.322 e. The minimum atomic E-state index is 0.279. The summed E-state index contributed by atoms with van der Waals surface area (Å²) in [4.78, 5) is 16.6. The van der Waals surface area contributed by atoms with Crippen LogP contribution in [0.3, 0.4) is 0 Å². The zero-order valence-corrected chi connectivity index (χ0v) is 11.8. The van der Waals surface area contributed by atoms with E-state index in [2.05, 4.69) is 30.6 Å². The van der Waals surface area contributed by atoms with E-state index in [1.807, 2.05) is 26.1 Å². The molecule has 0 aromatic carbocycles. The molecule has 106 valence electrons. The van der Waals surface area contributed by atoms with Crippen LogP contribution in [0.2, 0.25) is 0 Å². The Kier molecular flexibility index (Phi) is 4.65. The van der Waals surface area contributed by atoms with Crippen LogP contribution in [-0.4, -0.2) is 33.6 Å². The third kappa shape index (κ3) is 3.53. The van der Waals surface area contributed by atoms with E-state index in [9.17, 15) is 0 Å². The number of nitrogens with one attached hydrogen (secondary N) is 2. The maximum absolute atomic E-state index is 5.06. The molecule has 2 aromatic heterocycles. The Bertz CT molecular complexity index is 575. The van der Waals surface area contributed by atoms with Crippen molar-refractivity contribution in [1.82, 2.24) is 19.9 Å². The highest BCUT2D eigenvalue weighted by atomic mass is 16.5. The van der Waals surface area contributed by atoms with E-state index < -0.39 is 0 Å². The van der Waals surface area contributed by atoms with Gasteiger partial charge in [-0.1, -0.05) is 0 Å². The molecule has 0 bridgehead atoms. The molecule has 2 heterocycles. The van der Waals surface area contributed by atoms with Crippen LogP contribution in [0.5, 0.6) is 6.01 Å². The average molecular weight is 274 g/mol. The molecular weight excluding hydrogens is 256 g/mol. The number of hydrogen-bond donors (Lipinski definition) is 2. The molecule has 0 spiro atoms. The second-order valence-electron chi connectivity index (χ2n) is 4.16. The largest absolute Gasteiger partial charge is 0.467 e. The van der Waals surface area contributed by atoms with Gasteiger partial charge in [0.1, 0.15) is 0 Å². The lowest BCUT2D eigenvalue weighted by atomic mass is 10.2. The van der Waals surface area contributed by atoms with Crippen LogP contribution in [0.15, 0.2) is 18.5 Å². The van der Waals surface area contributed by atoms with Gasteiger partial charge in [0.2, 0.25) is 11.9 Å². The van der Waals surface area contributed by atoms with Crippen molar-refractivity contribution in [2.45, 2.75) is 20.4 Å². The fourth-order valence-corrected chi connectivity index (χ4v) is 1.62. The van der Waals surface area contributed by atoms with Gasteiger partial charge in [-0.2, -0.15) is 15.0 Å². The number of nitrogens with zero attached hydrogens (tertiary/aromatic N) is 4. The highest BCUT2D eigenvalue weighted by molar-refractivity contribution is 5.37. The summed E-state index contributed by atoms with van der Waals surface area (Å²) in [6.45, 7) is 5.34. The first-order valence-electron chi connectivity index (χ1n) is 6.40. The Hall–Kier alpha value is -2.44. The predicted octanol–water partition coefficient (Wildman–Crippen LogP) is 1.63. The molecular formula is C13H18N6O. The van der Waals surface area contributed by atoms with E-state index in [1.54, 1.807) is 6.20 Å². The number of anilines is 2. The lowest BCUT2D eigenvalue weighted by Gasteiger charge is -2.09. The fraction of sp³-hybridized carbons (Fsp3) is 0.385. The second-order valence-corrected chi connectivity index (χ2v) is 4.16. The van der Waals surface area contributed by atoms with Crippen LogP contribution in [0.1, 0.15) is 18.1 Å². The number of pyridine rings is 1. The van der Waals surface area contributed by atoms with Crippen molar-refractivity contribution < 1.29 is 4.74 Å². The van der Waals surface area contributed by atoms with Gasteiger partial charge >= 0.3 is 6.01 Å². The first-order chi connectivity index (χ1) is 9.72. The highest BCUT2D eigenvalue weighted by Crippen LogP contribution is 2.12. The minimum absolute atomic E-state index is 0.279. The number of aromatic nitrogens is 4. The van der Waals surface area contributed by atoms with Gasteiger partial charge in [0.15, 0.2) is 0 Å². The minimum Gasteiger partial charge on any atom is -0.467 e. The molecule has 0 saturated heterocycles. The molecule has 0 aliphatic carbocycles. The quantitative estimate of drug-likeness (QED) is 0.828. The molecule has 0 atom stereocenters. The zero-order valence-electron chi connectivity index (χ0n) is 11.8. The van der Waals surface area contributed by atoms with Crippen LogP contribution in [-0.2, 0) is 6.54 Å². The lowest BCUT2D eigenvalue weighted by Crippen LogP contribution is -2.10. The Morgan fingerprint density at radius 2 is 1.90 bits per heavy atom. The van der Waals surface area contributed by atoms with Gasteiger partial charge in [0, 0.05) is 25.5 Å². The number of ether oxygens (including phenoxy) is 1. The van der Waals surface area contributed by atoms with Crippen molar-refractivity contribution in [3.63, 3.8) is 0 Å². The Morgan fingerprint density at radius 3 is 2.55 bits per heavy atom. The van der Waals surface area contributed by atoms with Gasteiger partial charge in [0.25, 0.3) is 0 Å². The maximum Gasteiger partial charge on any atom is 0.322 e. The summed E-state index contributed by atoms with van der Waals surface area (Å²) in [7, 11) is 1.53. The molecule has 0 fully saturated rings. The van der Waals surface area contributed by atoms with Crippen molar-refractivity contribution >= 4 is 11.9 Å². The average Bonchev–Trinajstić information content (AvgIpc) is 2.46. The van der Waals surface area contributed by atoms with Crippen molar-refractivity contribution in [2.75, 3.05) is 24.3 Å². The number of aryl methyl sites for hydroxylation is 1. The lowest BCUT2D eigenvalue weighted by molar-refractivity contribution is 0.379. The summed E-state index contributed by atoms with van der Waals surface area (Å²) in [5, 5.41) is 6.19. The van der Waals surface area contributed by atoms with Crippen LogP contribution < -0.4 is 15.4 Å². The third-order valence-corrected chi connectivity index (χ3v) is 2.72. The van der Waals surface area contributed by atoms with Crippen molar-refractivity contribution in [1.29, 1.82) is 0 Å². The van der Waals surface area contributed by atoms with E-state index in [0.717, 1.165) is 12.1 Å². The van der Waals surface area contributed by atoms with Crippen LogP contribution in [0.4, 0.5) is 11.9 Å². The van der Waals surface area contributed by atoms with E-state index in [4.69, 9.17) is 4.74 Å². The second kappa shape index (κ2) is 6.65. The summed E-state index contributed by atoms with van der Waals surface area (Å²) in [5.74, 6) is 0.959. The van der Waals surface area contributed by atoms with E-state index in [-0.39, 0.29) is 6.01 Å². The molecule has 0 saturated carbocycles. The molecule has 0 amide bonds. The third-order valence-electron chi connectivity index (χ3n) is 2.72. The summed E-state index contributed by atoms with van der Waals surface area (Å²) in [5.41, 5.74) is 2.26. The monoisotopic (exact) mass is 274 g/mol. The predicted molar refractivity (Wildman–Crippen MR) is 76.8 cm³/mol. The Labute approximate surface area is 117 Å². The first kappa shape index (κ1) is 14.0. The molecule has 0 unspecified atom stereocenters. The molecule has 20 heavy (non-hydrogen) atoms. The summed E-state index contributed by atoms with van der Waals surface area (Å²) in [6, 6.07) is 2.25. The van der Waals surface area contributed by atoms with Crippen molar-refractivity contribution in [2.24, 2.45) is 0 Å². The molecule has 0 aliphatic rings. The molecule has 7 heteroatoms. The summed E-state index contributed by atoms with van der Waals surface area (Å²) in [6.07, 6.45) is 3.60. The first-order valence-corrected chi connectivity index (χ1v) is 6.40. The van der Waals surface area contributed by atoms with Crippen molar-refractivity contribution in [3.8, 4) is 6.01 Å². The van der Waals surface area contributed by atoms with Gasteiger partial charge in [-0.25, -0.2) is 0 Å². The Balaban J connectivity index is 2.12. The topological polar surface area (TPSA) is 84.9 Å². The molecule has 7 nitrogen and oxygen atoms in total. The molecule has 2 aromatic rings. The number of rotatable bonds is 6. The number of hydrogen-bond acceptors (Lipinski definition) is 7. The van der Waals surface area contributed by atoms with E-state index >= 15 is 0 Å². The van der Waals surface area contributed by atoms with Gasteiger partial charge < -0.3 is 15.4 Å². The number of methoxy groups -OCH3 is 1. The van der Waals surface area contributed by atoms with Gasteiger partial charge in [0.05, 0.1) is 7.11 Å². The maximum atomic E-state index is 5.06. The Morgan fingerprint density at radius 1 is 1.15 bits per heavy atom. The van der Waals surface area contributed by atoms with Gasteiger partial charge in [-0.3, -0.25) is 4.98 Å². The van der Waals surface area contributed by atoms with Crippen molar-refractivity contribution in [3.05, 3.63) is 29.6 Å². The molecule has 0 aliphatic heterocycles. The van der Waals surface area contributed by atoms with Gasteiger partial charge in [-0.15, -0.1) is 0 Å². The van der Waals surface area contributed by atoms with E-state index in [0.29, 0.717) is 18.4 Å². The SMILES string of the molecule is CCNc1nc(NCc2cnccc2C)nc(OC)n1. The summed E-state index contributed by atoms with van der Waals surface area (Å²) < 4.78 is 5.06. The van der Waals surface area contributed by atoms with Crippen LogP contribution in [0.25, 0.3) is 0 Å². The zero-order chi connectivity index (χ0) is 14.4. The van der Waals surface area contributed by atoms with Crippen LogP contribution >= 0.6 is 0 Å². The highest BCUT2D eigenvalue weighted by Gasteiger charge is 2.06. The summed E-state index contributed by atoms with van der Waals surface area (Å²) >= 11 is 0. The molecule has 2 rings (SSSR count). The standard InChI is InChI=1S/C13H18N6O/c1-4-15-11-17-12(19-13(18-11)20-3)16-8-10-7-14-6-5-9(10)2/h5-7H,4,8H2,1-3H3,(H2,15,16,17,18,19). The normalized spacial score (nSPS) is 10.2. The molecule has 0 radical (unpaired) electrons. The van der Waals surface area contributed by atoms with Gasteiger partial charge in [-0.05, 0) is 31.0 Å². The van der Waals surface area contributed by atoms with Crippen LogP contribution in [0, 0.1) is 6.92 Å².